The Morgan fingerprint density at radius 3 is 2.67 bits per heavy atom. The summed E-state index contributed by atoms with van der Waals surface area (Å²) < 4.78 is 2.45. The van der Waals surface area contributed by atoms with E-state index in [0.717, 1.165) is 6.42 Å². The van der Waals surface area contributed by atoms with Crippen molar-refractivity contribution in [3.05, 3.63) is 61.6 Å². The molecule has 0 aliphatic heterocycles. The van der Waals surface area contributed by atoms with Gasteiger partial charge >= 0.3 is 0 Å². The Hall–Kier alpha value is -0.550. The third-order valence-electron chi connectivity index (χ3n) is 3.37. The average molecular weight is 414 g/mol. The average Bonchev–Trinajstić information content (AvgIpc) is 2.74. The summed E-state index contributed by atoms with van der Waals surface area (Å²) in [6, 6.07) is 15.6. The minimum atomic E-state index is 0.452. The van der Waals surface area contributed by atoms with Crippen molar-refractivity contribution in [1.29, 1.82) is 0 Å². The lowest BCUT2D eigenvalue weighted by atomic mass is 10.1. The molecule has 1 nitrogen and oxygen atoms in total. The molecule has 0 saturated carbocycles. The van der Waals surface area contributed by atoms with Crippen LogP contribution in [0.4, 0.5) is 5.69 Å². The molecule has 0 fully saturated rings. The third kappa shape index (κ3) is 2.57. The number of anilines is 1. The molecule has 0 radical (unpaired) electrons. The maximum absolute atomic E-state index is 3.63. The zero-order valence-corrected chi connectivity index (χ0v) is 13.5. The number of fused-ring (bicyclic) bond motifs is 1. The molecule has 1 N–H and O–H groups in total. The Morgan fingerprint density at radius 1 is 1.11 bits per heavy atom. The van der Waals surface area contributed by atoms with E-state index in [9.17, 15) is 0 Å². The van der Waals surface area contributed by atoms with Crippen LogP contribution >= 0.6 is 38.5 Å². The van der Waals surface area contributed by atoms with Crippen molar-refractivity contribution in [3.8, 4) is 0 Å². The fourth-order valence-corrected chi connectivity index (χ4v) is 3.25. The molecule has 18 heavy (non-hydrogen) atoms. The summed E-state index contributed by atoms with van der Waals surface area (Å²) in [6.45, 7) is 0. The van der Waals surface area contributed by atoms with E-state index < -0.39 is 0 Å². The number of rotatable bonds is 2. The van der Waals surface area contributed by atoms with Crippen LogP contribution in [0, 0.1) is 3.57 Å². The Kier molecular flexibility index (Phi) is 3.61. The smallest absolute Gasteiger partial charge is 0.0519 e. The van der Waals surface area contributed by atoms with Crippen LogP contribution in [0.5, 0.6) is 0 Å². The van der Waals surface area contributed by atoms with Crippen LogP contribution in [0.3, 0.4) is 0 Å². The number of benzene rings is 2. The zero-order chi connectivity index (χ0) is 12.5. The molecule has 92 valence electrons. The van der Waals surface area contributed by atoms with E-state index in [-0.39, 0.29) is 0 Å². The fourth-order valence-electron chi connectivity index (χ4n) is 2.48. The monoisotopic (exact) mass is 413 g/mol. The molecule has 0 bridgehead atoms. The van der Waals surface area contributed by atoms with E-state index in [0.29, 0.717) is 6.04 Å². The van der Waals surface area contributed by atoms with Gasteiger partial charge in [-0.05, 0) is 83.0 Å². The summed E-state index contributed by atoms with van der Waals surface area (Å²) in [5.41, 5.74) is 4.11. The molecule has 1 aliphatic rings. The Labute approximate surface area is 129 Å². The first-order valence-corrected chi connectivity index (χ1v) is 7.90. The molecule has 1 unspecified atom stereocenters. The van der Waals surface area contributed by atoms with Gasteiger partial charge in [-0.25, -0.2) is 0 Å². The van der Waals surface area contributed by atoms with Crippen LogP contribution in [-0.2, 0) is 6.42 Å². The van der Waals surface area contributed by atoms with Gasteiger partial charge < -0.3 is 5.32 Å². The van der Waals surface area contributed by atoms with Gasteiger partial charge in [0.2, 0.25) is 0 Å². The van der Waals surface area contributed by atoms with E-state index in [1.165, 1.54) is 31.3 Å². The SMILES string of the molecule is Brc1ccc2c(c1)CCC2Nc1ccc(I)cc1. The number of nitrogens with one attached hydrogen (secondary N) is 1. The Bertz CT molecular complexity index is 565. The fraction of sp³-hybridized carbons (Fsp3) is 0.200. The molecule has 2 aromatic carbocycles. The third-order valence-corrected chi connectivity index (χ3v) is 4.58. The van der Waals surface area contributed by atoms with E-state index in [4.69, 9.17) is 0 Å². The molecule has 0 heterocycles. The highest BCUT2D eigenvalue weighted by Crippen LogP contribution is 2.35. The summed E-state index contributed by atoms with van der Waals surface area (Å²) in [5.74, 6) is 0. The molecular weight excluding hydrogens is 401 g/mol. The molecule has 0 spiro atoms. The number of hydrogen-bond acceptors (Lipinski definition) is 1. The van der Waals surface area contributed by atoms with E-state index in [1.807, 2.05) is 0 Å². The van der Waals surface area contributed by atoms with Gasteiger partial charge in [-0.1, -0.05) is 22.0 Å². The van der Waals surface area contributed by atoms with E-state index in [2.05, 4.69) is 86.3 Å². The largest absolute Gasteiger partial charge is 0.378 e. The lowest BCUT2D eigenvalue weighted by Crippen LogP contribution is -2.06. The first kappa shape index (κ1) is 12.5. The highest BCUT2D eigenvalue weighted by atomic mass is 127. The van der Waals surface area contributed by atoms with Crippen molar-refractivity contribution in [2.45, 2.75) is 18.9 Å². The number of aryl methyl sites for hydroxylation is 1. The van der Waals surface area contributed by atoms with Crippen molar-refractivity contribution >= 4 is 44.2 Å². The van der Waals surface area contributed by atoms with Crippen LogP contribution in [0.1, 0.15) is 23.6 Å². The summed E-state index contributed by atoms with van der Waals surface area (Å²) in [6.07, 6.45) is 2.34. The molecule has 1 aliphatic carbocycles. The van der Waals surface area contributed by atoms with E-state index in [1.54, 1.807) is 0 Å². The minimum Gasteiger partial charge on any atom is -0.378 e. The second-order valence-electron chi connectivity index (χ2n) is 4.59. The van der Waals surface area contributed by atoms with Crippen LogP contribution < -0.4 is 5.32 Å². The van der Waals surface area contributed by atoms with Crippen LogP contribution in [0.15, 0.2) is 46.9 Å². The van der Waals surface area contributed by atoms with Crippen molar-refractivity contribution in [3.63, 3.8) is 0 Å². The van der Waals surface area contributed by atoms with Crippen molar-refractivity contribution in [2.24, 2.45) is 0 Å². The minimum absolute atomic E-state index is 0.452. The van der Waals surface area contributed by atoms with Gasteiger partial charge in [-0.2, -0.15) is 0 Å². The number of hydrogen-bond donors (Lipinski definition) is 1. The summed E-state index contributed by atoms with van der Waals surface area (Å²) in [5, 5.41) is 3.63. The Morgan fingerprint density at radius 2 is 1.89 bits per heavy atom. The Balaban J connectivity index is 1.82. The van der Waals surface area contributed by atoms with Crippen LogP contribution in [0.25, 0.3) is 0 Å². The van der Waals surface area contributed by atoms with Gasteiger partial charge in [0.25, 0.3) is 0 Å². The van der Waals surface area contributed by atoms with Gasteiger partial charge in [0.15, 0.2) is 0 Å². The standard InChI is InChI=1S/C15H13BrIN/c16-11-2-7-14-10(9-11)1-8-15(14)18-13-5-3-12(17)4-6-13/h2-7,9,15,18H,1,8H2. The first-order valence-electron chi connectivity index (χ1n) is 6.03. The predicted octanol–water partition coefficient (Wildman–Crippen LogP) is 5.15. The van der Waals surface area contributed by atoms with Crippen LogP contribution in [-0.4, -0.2) is 0 Å². The van der Waals surface area contributed by atoms with Gasteiger partial charge in [0.05, 0.1) is 6.04 Å². The highest BCUT2D eigenvalue weighted by molar-refractivity contribution is 14.1. The van der Waals surface area contributed by atoms with Gasteiger partial charge in [0, 0.05) is 13.7 Å². The second-order valence-corrected chi connectivity index (χ2v) is 6.75. The summed E-state index contributed by atoms with van der Waals surface area (Å²) in [4.78, 5) is 0. The lowest BCUT2D eigenvalue weighted by Gasteiger charge is -2.15. The molecule has 0 amide bonds. The van der Waals surface area contributed by atoms with Crippen LogP contribution in [0.2, 0.25) is 0 Å². The molecule has 0 saturated heterocycles. The molecule has 0 aromatic heterocycles. The zero-order valence-electron chi connectivity index (χ0n) is 9.79. The predicted molar refractivity (Wildman–Crippen MR) is 88.0 cm³/mol. The topological polar surface area (TPSA) is 12.0 Å². The maximum atomic E-state index is 3.63. The van der Waals surface area contributed by atoms with Crippen molar-refractivity contribution < 1.29 is 0 Å². The molecule has 1 atom stereocenters. The van der Waals surface area contributed by atoms with Gasteiger partial charge in [0.1, 0.15) is 0 Å². The molecule has 3 heteroatoms. The van der Waals surface area contributed by atoms with Crippen molar-refractivity contribution in [2.75, 3.05) is 5.32 Å². The normalized spacial score (nSPS) is 17.6. The first-order chi connectivity index (χ1) is 8.72. The highest BCUT2D eigenvalue weighted by Gasteiger charge is 2.22. The molecule has 3 rings (SSSR count). The summed E-state index contributed by atoms with van der Waals surface area (Å²) >= 11 is 5.87. The summed E-state index contributed by atoms with van der Waals surface area (Å²) in [7, 11) is 0. The molecular formula is C15H13BrIN. The van der Waals surface area contributed by atoms with Gasteiger partial charge in [-0.3, -0.25) is 0 Å². The molecule has 2 aromatic rings. The van der Waals surface area contributed by atoms with E-state index >= 15 is 0 Å². The second kappa shape index (κ2) is 5.21. The van der Waals surface area contributed by atoms with Gasteiger partial charge in [-0.15, -0.1) is 0 Å². The van der Waals surface area contributed by atoms with Crippen molar-refractivity contribution in [1.82, 2.24) is 0 Å². The maximum Gasteiger partial charge on any atom is 0.0519 e. The number of halogens is 2. The quantitative estimate of drug-likeness (QED) is 0.671. The lowest BCUT2D eigenvalue weighted by molar-refractivity contribution is 0.762.